The van der Waals surface area contributed by atoms with Crippen molar-refractivity contribution in [1.82, 2.24) is 14.5 Å². The smallest absolute Gasteiger partial charge is 0.224 e. The Hall–Kier alpha value is -2.32. The normalized spacial score (nSPS) is 18.1. The van der Waals surface area contributed by atoms with Gasteiger partial charge in [0.2, 0.25) is 5.62 Å². The van der Waals surface area contributed by atoms with Gasteiger partial charge in [0.25, 0.3) is 0 Å². The number of hydrogen-bond donors (Lipinski definition) is 3. The number of rotatable bonds is 6. The molecule has 0 spiro atoms. The summed E-state index contributed by atoms with van der Waals surface area (Å²) in [4.78, 5) is 6.70. The second-order valence-electron chi connectivity index (χ2n) is 7.18. The lowest BCUT2D eigenvalue weighted by Gasteiger charge is -2.28. The van der Waals surface area contributed by atoms with Crippen LogP contribution < -0.4 is 20.4 Å². The molecule has 2 aromatic rings. The molecule has 146 valence electrons. The van der Waals surface area contributed by atoms with Crippen molar-refractivity contribution in [2.24, 2.45) is 0 Å². The zero-order chi connectivity index (χ0) is 18.8. The first-order valence-electron chi connectivity index (χ1n) is 9.60. The highest BCUT2D eigenvalue weighted by Crippen LogP contribution is 2.37. The van der Waals surface area contributed by atoms with Gasteiger partial charge in [-0.3, -0.25) is 9.98 Å². The van der Waals surface area contributed by atoms with Gasteiger partial charge in [-0.1, -0.05) is 6.42 Å². The fourth-order valence-corrected chi connectivity index (χ4v) is 3.96. The first-order chi connectivity index (χ1) is 13.2. The van der Waals surface area contributed by atoms with Gasteiger partial charge in [-0.25, -0.2) is 4.98 Å². The summed E-state index contributed by atoms with van der Waals surface area (Å²) in [5.74, 6) is 1.93. The number of fused-ring (bicyclic) bond motifs is 3. The standard InChI is InChI=1S/C19H27N5O3/c1-26-17-15(27-12-13(25)11-23-8-3-2-4-9-23)6-5-14-16(17)22-19(20)24-10-7-21-18(14)24/h5-6,13,20-21,25H,2-4,7-12H2,1H3/t13-/m1/s1. The van der Waals surface area contributed by atoms with E-state index < -0.39 is 6.10 Å². The summed E-state index contributed by atoms with van der Waals surface area (Å²) in [6, 6.07) is 3.78. The predicted octanol–water partition coefficient (Wildman–Crippen LogP) is 1.18. The van der Waals surface area contributed by atoms with Crippen molar-refractivity contribution in [3.63, 3.8) is 0 Å². The number of β-amino-alcohol motifs (C(OH)–C–C–N with tert-alkyl or cyclic N) is 1. The summed E-state index contributed by atoms with van der Waals surface area (Å²) >= 11 is 0. The molecular weight excluding hydrogens is 346 g/mol. The van der Waals surface area contributed by atoms with Crippen LogP contribution in [0.15, 0.2) is 12.1 Å². The first kappa shape index (κ1) is 18.1. The number of benzene rings is 1. The van der Waals surface area contributed by atoms with Crippen molar-refractivity contribution in [1.29, 1.82) is 5.41 Å². The van der Waals surface area contributed by atoms with Crippen LogP contribution in [0.3, 0.4) is 0 Å². The quantitative estimate of drug-likeness (QED) is 0.704. The number of ether oxygens (including phenoxy) is 2. The minimum Gasteiger partial charge on any atom is -0.491 e. The number of hydrogen-bond acceptors (Lipinski definition) is 7. The lowest BCUT2D eigenvalue weighted by Crippen LogP contribution is -2.38. The number of aliphatic hydroxyl groups excluding tert-OH is 1. The molecule has 2 aliphatic heterocycles. The van der Waals surface area contributed by atoms with E-state index in [-0.39, 0.29) is 12.2 Å². The van der Waals surface area contributed by atoms with E-state index in [1.807, 2.05) is 16.7 Å². The number of nitrogens with one attached hydrogen (secondary N) is 2. The van der Waals surface area contributed by atoms with Crippen LogP contribution in [-0.4, -0.2) is 65.6 Å². The second kappa shape index (κ2) is 7.74. The molecule has 0 aliphatic carbocycles. The molecule has 1 aromatic carbocycles. The van der Waals surface area contributed by atoms with E-state index in [1.165, 1.54) is 19.3 Å². The van der Waals surface area contributed by atoms with Crippen LogP contribution in [0, 0.1) is 5.41 Å². The molecule has 8 nitrogen and oxygen atoms in total. The highest BCUT2D eigenvalue weighted by Gasteiger charge is 2.21. The van der Waals surface area contributed by atoms with E-state index in [0.717, 1.165) is 37.4 Å². The molecule has 8 heteroatoms. The van der Waals surface area contributed by atoms with Crippen molar-refractivity contribution >= 4 is 16.7 Å². The SMILES string of the molecule is COc1c(OC[C@H](O)CN2CCCCC2)ccc2c3n(c(=N)nc12)CCN3. The van der Waals surface area contributed by atoms with Gasteiger partial charge >= 0.3 is 0 Å². The highest BCUT2D eigenvalue weighted by molar-refractivity contribution is 5.95. The minimum absolute atomic E-state index is 0.197. The zero-order valence-electron chi connectivity index (χ0n) is 15.7. The molecule has 3 heterocycles. The van der Waals surface area contributed by atoms with Gasteiger partial charge in [0, 0.05) is 25.0 Å². The Kier molecular flexibility index (Phi) is 5.18. The molecule has 1 aromatic heterocycles. The number of anilines is 1. The number of piperidine rings is 1. The van der Waals surface area contributed by atoms with Crippen LogP contribution in [0.25, 0.3) is 10.9 Å². The summed E-state index contributed by atoms with van der Waals surface area (Å²) in [6.07, 6.45) is 3.12. The summed E-state index contributed by atoms with van der Waals surface area (Å²) in [6.45, 7) is 4.43. The van der Waals surface area contributed by atoms with Crippen LogP contribution in [0.5, 0.6) is 11.5 Å². The van der Waals surface area contributed by atoms with Crippen LogP contribution in [0.1, 0.15) is 19.3 Å². The molecule has 1 atom stereocenters. The largest absolute Gasteiger partial charge is 0.491 e. The van der Waals surface area contributed by atoms with Crippen LogP contribution in [0.2, 0.25) is 0 Å². The van der Waals surface area contributed by atoms with Crippen LogP contribution in [0.4, 0.5) is 5.82 Å². The summed E-state index contributed by atoms with van der Waals surface area (Å²) in [5.41, 5.74) is 0.800. The zero-order valence-corrected chi connectivity index (χ0v) is 15.7. The number of aliphatic hydroxyl groups is 1. The third-order valence-corrected chi connectivity index (χ3v) is 5.27. The Morgan fingerprint density at radius 2 is 2.07 bits per heavy atom. The van der Waals surface area contributed by atoms with Gasteiger partial charge in [-0.2, -0.15) is 0 Å². The topological polar surface area (TPSA) is 95.6 Å². The monoisotopic (exact) mass is 373 g/mol. The summed E-state index contributed by atoms with van der Waals surface area (Å²) < 4.78 is 13.3. The van der Waals surface area contributed by atoms with Crippen molar-refractivity contribution in [2.75, 3.05) is 45.2 Å². The van der Waals surface area contributed by atoms with Gasteiger partial charge in [-0.05, 0) is 38.1 Å². The van der Waals surface area contributed by atoms with E-state index in [1.54, 1.807) is 7.11 Å². The third-order valence-electron chi connectivity index (χ3n) is 5.27. The second-order valence-corrected chi connectivity index (χ2v) is 7.18. The molecule has 0 amide bonds. The lowest BCUT2D eigenvalue weighted by molar-refractivity contribution is 0.0609. The Morgan fingerprint density at radius 3 is 2.85 bits per heavy atom. The fourth-order valence-electron chi connectivity index (χ4n) is 3.96. The third kappa shape index (κ3) is 3.59. The van der Waals surface area contributed by atoms with E-state index >= 15 is 0 Å². The summed E-state index contributed by atoms with van der Waals surface area (Å²) in [5, 5.41) is 22.7. The maximum absolute atomic E-state index is 10.3. The van der Waals surface area contributed by atoms with Crippen molar-refractivity contribution < 1.29 is 14.6 Å². The van der Waals surface area contributed by atoms with Crippen molar-refractivity contribution in [3.8, 4) is 11.5 Å². The van der Waals surface area contributed by atoms with E-state index in [9.17, 15) is 5.11 Å². The van der Waals surface area contributed by atoms with Crippen LogP contribution in [-0.2, 0) is 6.54 Å². The van der Waals surface area contributed by atoms with Gasteiger partial charge in [0.15, 0.2) is 11.5 Å². The first-order valence-corrected chi connectivity index (χ1v) is 9.60. The van der Waals surface area contributed by atoms with Crippen molar-refractivity contribution in [3.05, 3.63) is 17.8 Å². The molecule has 0 saturated carbocycles. The molecule has 0 radical (unpaired) electrons. The van der Waals surface area contributed by atoms with Gasteiger partial charge in [0.1, 0.15) is 24.0 Å². The average Bonchev–Trinajstić information content (AvgIpc) is 3.17. The molecule has 0 bridgehead atoms. The minimum atomic E-state index is -0.555. The number of methoxy groups -OCH3 is 1. The van der Waals surface area contributed by atoms with Gasteiger partial charge in [0.05, 0.1) is 7.11 Å². The Bertz CT molecular complexity index is 876. The number of likely N-dealkylation sites (tertiary alicyclic amines) is 1. The van der Waals surface area contributed by atoms with Crippen LogP contribution >= 0.6 is 0 Å². The Balaban J connectivity index is 1.53. The molecular formula is C19H27N5O3. The lowest BCUT2D eigenvalue weighted by atomic mass is 10.1. The van der Waals surface area contributed by atoms with E-state index in [2.05, 4.69) is 15.2 Å². The Labute approximate surface area is 158 Å². The van der Waals surface area contributed by atoms with E-state index in [0.29, 0.717) is 23.6 Å². The van der Waals surface area contributed by atoms with Gasteiger partial charge in [-0.15, -0.1) is 0 Å². The Morgan fingerprint density at radius 1 is 1.26 bits per heavy atom. The van der Waals surface area contributed by atoms with E-state index in [4.69, 9.17) is 14.9 Å². The summed E-state index contributed by atoms with van der Waals surface area (Å²) in [7, 11) is 1.57. The fraction of sp³-hybridized carbons (Fsp3) is 0.579. The highest BCUT2D eigenvalue weighted by atomic mass is 16.5. The maximum Gasteiger partial charge on any atom is 0.224 e. The molecule has 0 unspecified atom stereocenters. The molecule has 1 saturated heterocycles. The number of aromatic nitrogens is 2. The molecule has 4 rings (SSSR count). The van der Waals surface area contributed by atoms with Crippen molar-refractivity contribution in [2.45, 2.75) is 31.9 Å². The average molecular weight is 373 g/mol. The molecule has 1 fully saturated rings. The molecule has 2 aliphatic rings. The number of nitrogens with zero attached hydrogens (tertiary/aromatic N) is 3. The molecule has 3 N–H and O–H groups in total. The maximum atomic E-state index is 10.3. The molecule has 27 heavy (non-hydrogen) atoms. The predicted molar refractivity (Wildman–Crippen MR) is 102 cm³/mol. The van der Waals surface area contributed by atoms with Gasteiger partial charge < -0.3 is 24.8 Å².